The van der Waals surface area contributed by atoms with Crippen LogP contribution in [0.3, 0.4) is 0 Å². The van der Waals surface area contributed by atoms with Crippen LogP contribution in [0.25, 0.3) is 0 Å². The Morgan fingerprint density at radius 3 is 3.10 bits per heavy atom. The highest BCUT2D eigenvalue weighted by molar-refractivity contribution is 7.10. The van der Waals surface area contributed by atoms with Crippen LogP contribution in [0.1, 0.15) is 34.8 Å². The first kappa shape index (κ1) is 14.1. The molecule has 1 aliphatic rings. The molecule has 0 bridgehead atoms. The van der Waals surface area contributed by atoms with E-state index in [9.17, 15) is 4.79 Å². The number of carbonyl (C=O) groups is 1. The molecule has 1 amide bonds. The number of hydrogen-bond donors (Lipinski definition) is 1. The van der Waals surface area contributed by atoms with Crippen molar-refractivity contribution in [3.63, 3.8) is 0 Å². The monoisotopic (exact) mass is 300 g/mol. The average molecular weight is 300 g/mol. The Hall–Kier alpha value is -1.81. The van der Waals surface area contributed by atoms with Gasteiger partial charge < -0.3 is 10.6 Å². The molecular weight excluding hydrogens is 280 g/mol. The zero-order valence-electron chi connectivity index (χ0n) is 12.2. The minimum Gasteiger partial charge on any atom is -0.399 e. The van der Waals surface area contributed by atoms with Crippen LogP contribution in [0.4, 0.5) is 5.69 Å². The van der Waals surface area contributed by atoms with Crippen molar-refractivity contribution in [2.45, 2.75) is 31.7 Å². The van der Waals surface area contributed by atoms with Crippen molar-refractivity contribution < 1.29 is 4.79 Å². The predicted molar refractivity (Wildman–Crippen MR) is 87.3 cm³/mol. The van der Waals surface area contributed by atoms with Crippen LogP contribution < -0.4 is 5.73 Å². The van der Waals surface area contributed by atoms with E-state index < -0.39 is 0 Å². The largest absolute Gasteiger partial charge is 0.399 e. The second-order valence-electron chi connectivity index (χ2n) is 5.68. The van der Waals surface area contributed by atoms with Crippen molar-refractivity contribution in [3.8, 4) is 0 Å². The molecule has 1 aromatic heterocycles. The third kappa shape index (κ3) is 2.95. The standard InChI is InChI=1S/C17H20N2OS/c1-19(11-12-4-2-5-13(18)10-12)17(20)15-6-3-7-16-14(15)8-9-21-16/h2,4-5,8-10,15H,3,6-7,11,18H2,1H3. The fraction of sp³-hybridized carbons (Fsp3) is 0.353. The highest BCUT2D eigenvalue weighted by atomic mass is 32.1. The summed E-state index contributed by atoms with van der Waals surface area (Å²) in [5.74, 6) is 0.253. The Morgan fingerprint density at radius 1 is 1.43 bits per heavy atom. The number of benzene rings is 1. The summed E-state index contributed by atoms with van der Waals surface area (Å²) in [5, 5.41) is 2.11. The third-order valence-corrected chi connectivity index (χ3v) is 5.09. The number of anilines is 1. The van der Waals surface area contributed by atoms with Gasteiger partial charge in [-0.1, -0.05) is 12.1 Å². The van der Waals surface area contributed by atoms with E-state index in [0.29, 0.717) is 6.54 Å². The minimum absolute atomic E-state index is 0.0334. The molecule has 2 aromatic rings. The molecule has 1 atom stereocenters. The Bertz CT molecular complexity index is 650. The van der Waals surface area contributed by atoms with Crippen LogP contribution in [-0.4, -0.2) is 17.9 Å². The van der Waals surface area contributed by atoms with Gasteiger partial charge >= 0.3 is 0 Å². The molecule has 1 heterocycles. The molecule has 0 saturated carbocycles. The van der Waals surface area contributed by atoms with E-state index in [1.54, 1.807) is 11.3 Å². The molecule has 0 saturated heterocycles. The van der Waals surface area contributed by atoms with Gasteiger partial charge in [0.25, 0.3) is 0 Å². The second kappa shape index (κ2) is 5.90. The van der Waals surface area contributed by atoms with Crippen LogP contribution in [-0.2, 0) is 17.8 Å². The summed E-state index contributed by atoms with van der Waals surface area (Å²) >= 11 is 1.78. The summed E-state index contributed by atoms with van der Waals surface area (Å²) in [6, 6.07) is 9.86. The van der Waals surface area contributed by atoms with Gasteiger partial charge in [0.1, 0.15) is 0 Å². The van der Waals surface area contributed by atoms with Crippen molar-refractivity contribution in [1.82, 2.24) is 4.90 Å². The van der Waals surface area contributed by atoms with Crippen molar-refractivity contribution in [3.05, 3.63) is 51.7 Å². The topological polar surface area (TPSA) is 46.3 Å². The van der Waals surface area contributed by atoms with E-state index in [4.69, 9.17) is 5.73 Å². The molecule has 3 nitrogen and oxygen atoms in total. The number of fused-ring (bicyclic) bond motifs is 1. The molecular formula is C17H20N2OS. The predicted octanol–water partition coefficient (Wildman–Crippen LogP) is 3.41. The van der Waals surface area contributed by atoms with Crippen LogP contribution in [0, 0.1) is 0 Å². The van der Waals surface area contributed by atoms with Crippen molar-refractivity contribution in [2.75, 3.05) is 12.8 Å². The van der Waals surface area contributed by atoms with E-state index in [2.05, 4.69) is 11.4 Å². The lowest BCUT2D eigenvalue weighted by Gasteiger charge is -2.27. The number of rotatable bonds is 3. The van der Waals surface area contributed by atoms with E-state index in [1.165, 1.54) is 10.4 Å². The van der Waals surface area contributed by atoms with Gasteiger partial charge in [-0.25, -0.2) is 0 Å². The van der Waals surface area contributed by atoms with Crippen LogP contribution in [0.5, 0.6) is 0 Å². The van der Waals surface area contributed by atoms with Gasteiger partial charge in [-0.2, -0.15) is 0 Å². The average Bonchev–Trinajstić information content (AvgIpc) is 2.94. The molecule has 1 aliphatic carbocycles. The zero-order chi connectivity index (χ0) is 14.8. The van der Waals surface area contributed by atoms with Crippen LogP contribution in [0.15, 0.2) is 35.7 Å². The Labute approximate surface area is 129 Å². The zero-order valence-corrected chi connectivity index (χ0v) is 13.0. The fourth-order valence-corrected chi connectivity index (χ4v) is 4.04. The molecule has 0 fully saturated rings. The SMILES string of the molecule is CN(Cc1cccc(N)c1)C(=O)C1CCCc2sccc21. The maximum atomic E-state index is 12.7. The van der Waals surface area contributed by atoms with E-state index >= 15 is 0 Å². The van der Waals surface area contributed by atoms with Gasteiger partial charge in [0.15, 0.2) is 0 Å². The Morgan fingerprint density at radius 2 is 2.29 bits per heavy atom. The van der Waals surface area contributed by atoms with Gasteiger partial charge in [0, 0.05) is 24.2 Å². The molecule has 2 N–H and O–H groups in total. The number of nitrogen functional groups attached to an aromatic ring is 1. The normalized spacial score (nSPS) is 17.3. The van der Waals surface area contributed by atoms with Crippen LogP contribution in [0.2, 0.25) is 0 Å². The summed E-state index contributed by atoms with van der Waals surface area (Å²) in [6.07, 6.45) is 3.19. The van der Waals surface area contributed by atoms with Crippen molar-refractivity contribution in [2.24, 2.45) is 0 Å². The smallest absolute Gasteiger partial charge is 0.230 e. The quantitative estimate of drug-likeness (QED) is 0.883. The number of nitrogens with zero attached hydrogens (tertiary/aromatic N) is 1. The lowest BCUT2D eigenvalue weighted by Crippen LogP contribution is -2.32. The number of amides is 1. The van der Waals surface area contributed by atoms with E-state index in [1.807, 2.05) is 36.2 Å². The van der Waals surface area contributed by atoms with Gasteiger partial charge in [0.05, 0.1) is 5.92 Å². The van der Waals surface area contributed by atoms with Crippen molar-refractivity contribution >= 4 is 22.9 Å². The van der Waals surface area contributed by atoms with Crippen LogP contribution >= 0.6 is 11.3 Å². The molecule has 3 rings (SSSR count). The summed E-state index contributed by atoms with van der Waals surface area (Å²) in [5.41, 5.74) is 8.86. The first-order chi connectivity index (χ1) is 10.1. The number of aryl methyl sites for hydroxylation is 1. The number of carbonyl (C=O) groups excluding carboxylic acids is 1. The van der Waals surface area contributed by atoms with Gasteiger partial charge in [-0.3, -0.25) is 4.79 Å². The summed E-state index contributed by atoms with van der Waals surface area (Å²) < 4.78 is 0. The maximum Gasteiger partial charge on any atom is 0.230 e. The summed E-state index contributed by atoms with van der Waals surface area (Å²) in [7, 11) is 1.88. The Kier molecular flexibility index (Phi) is 3.97. The molecule has 0 aliphatic heterocycles. The second-order valence-corrected chi connectivity index (χ2v) is 6.68. The molecule has 21 heavy (non-hydrogen) atoms. The lowest BCUT2D eigenvalue weighted by atomic mass is 9.87. The minimum atomic E-state index is 0.0334. The highest BCUT2D eigenvalue weighted by Gasteiger charge is 2.29. The number of hydrogen-bond acceptors (Lipinski definition) is 3. The number of likely N-dealkylation sites (N-methyl/N-ethyl adjacent to an activating group) is 1. The van der Waals surface area contributed by atoms with E-state index in [-0.39, 0.29) is 11.8 Å². The fourth-order valence-electron chi connectivity index (χ4n) is 3.05. The summed E-state index contributed by atoms with van der Waals surface area (Å²) in [6.45, 7) is 0.611. The molecule has 0 spiro atoms. The molecule has 110 valence electrons. The van der Waals surface area contributed by atoms with Crippen molar-refractivity contribution in [1.29, 1.82) is 0 Å². The first-order valence-corrected chi connectivity index (χ1v) is 8.19. The number of thiophene rings is 1. The van der Waals surface area contributed by atoms with Gasteiger partial charge in [0.2, 0.25) is 5.91 Å². The first-order valence-electron chi connectivity index (χ1n) is 7.31. The maximum absolute atomic E-state index is 12.7. The molecule has 1 aromatic carbocycles. The highest BCUT2D eigenvalue weighted by Crippen LogP contribution is 2.36. The van der Waals surface area contributed by atoms with E-state index in [0.717, 1.165) is 30.5 Å². The Balaban J connectivity index is 1.74. The van der Waals surface area contributed by atoms with Gasteiger partial charge in [-0.15, -0.1) is 11.3 Å². The summed E-state index contributed by atoms with van der Waals surface area (Å²) in [4.78, 5) is 16.0. The number of nitrogens with two attached hydrogens (primary N) is 1. The molecule has 1 unspecified atom stereocenters. The molecule has 0 radical (unpaired) electrons. The lowest BCUT2D eigenvalue weighted by molar-refractivity contribution is -0.132. The third-order valence-electron chi connectivity index (χ3n) is 4.10. The van der Waals surface area contributed by atoms with Gasteiger partial charge in [-0.05, 0) is 54.0 Å². The molecule has 4 heteroatoms.